The van der Waals surface area contributed by atoms with E-state index in [2.05, 4.69) is 26.1 Å². The number of amides is 1. The van der Waals surface area contributed by atoms with E-state index < -0.39 is 11.7 Å². The number of ether oxygens (including phenoxy) is 1. The van der Waals surface area contributed by atoms with Crippen LogP contribution in [0.1, 0.15) is 0 Å². The lowest BCUT2D eigenvalue weighted by molar-refractivity contribution is -0.122. The third-order valence-corrected chi connectivity index (χ3v) is 4.46. The van der Waals surface area contributed by atoms with Crippen LogP contribution >= 0.6 is 34.8 Å². The Hall–Kier alpha value is -3.01. The van der Waals surface area contributed by atoms with E-state index in [-0.39, 0.29) is 34.0 Å². The average molecular weight is 472 g/mol. The number of halogens is 4. The Balaban J connectivity index is 1.59. The number of nitrogens with zero attached hydrogens (tertiary/aromatic N) is 2. The third kappa shape index (κ3) is 5.53. The molecule has 1 amide bonds. The molecule has 3 aromatic rings. The maximum absolute atomic E-state index is 13.3. The largest absolute Gasteiger partial charge is 0.482 e. The molecule has 0 aliphatic heterocycles. The number of nitrogen functional groups attached to an aromatic ring is 1. The Labute approximate surface area is 185 Å². The first-order valence-electron chi connectivity index (χ1n) is 8.28. The molecule has 0 aliphatic carbocycles. The number of nitrogens with two attached hydrogens (primary N) is 1. The molecule has 1 aromatic heterocycles. The highest BCUT2D eigenvalue weighted by atomic mass is 35.5. The van der Waals surface area contributed by atoms with E-state index in [1.54, 1.807) is 12.1 Å². The van der Waals surface area contributed by atoms with Crippen molar-refractivity contribution in [1.29, 1.82) is 0 Å². The Morgan fingerprint density at radius 3 is 2.57 bits per heavy atom. The summed E-state index contributed by atoms with van der Waals surface area (Å²) in [6, 6.07) is 8.69. The summed E-state index contributed by atoms with van der Waals surface area (Å²) in [5, 5.41) is 3.57. The molecule has 0 radical (unpaired) electrons. The summed E-state index contributed by atoms with van der Waals surface area (Å²) in [4.78, 5) is 20.0. The number of rotatable bonds is 7. The number of carbonyl (C=O) groups is 1. The van der Waals surface area contributed by atoms with E-state index in [1.807, 2.05) is 0 Å². The first-order valence-corrected chi connectivity index (χ1v) is 9.42. The van der Waals surface area contributed by atoms with Crippen molar-refractivity contribution in [3.63, 3.8) is 0 Å². The van der Waals surface area contributed by atoms with Crippen LogP contribution in [0.25, 0.3) is 0 Å². The van der Waals surface area contributed by atoms with Crippen molar-refractivity contribution in [2.45, 2.75) is 0 Å². The summed E-state index contributed by atoms with van der Waals surface area (Å²) in [6.07, 6.45) is 1.22. The van der Waals surface area contributed by atoms with E-state index in [1.165, 1.54) is 30.6 Å². The highest BCUT2D eigenvalue weighted by Crippen LogP contribution is 2.28. The number of benzene rings is 2. The lowest BCUT2D eigenvalue weighted by Gasteiger charge is -2.14. The van der Waals surface area contributed by atoms with E-state index in [0.717, 1.165) is 0 Å². The molecule has 5 N–H and O–H groups in total. The van der Waals surface area contributed by atoms with Gasteiger partial charge in [0.2, 0.25) is 0 Å². The fourth-order valence-electron chi connectivity index (χ4n) is 2.21. The van der Waals surface area contributed by atoms with Crippen molar-refractivity contribution in [2.24, 2.45) is 0 Å². The minimum absolute atomic E-state index is 0.0565. The second-order valence-corrected chi connectivity index (χ2v) is 7.03. The molecule has 0 atom stereocenters. The number of anilines is 4. The van der Waals surface area contributed by atoms with E-state index in [4.69, 9.17) is 45.3 Å². The molecular formula is C18H14Cl3FN6O2. The van der Waals surface area contributed by atoms with E-state index >= 15 is 0 Å². The Morgan fingerprint density at radius 2 is 1.83 bits per heavy atom. The minimum Gasteiger partial charge on any atom is -0.482 e. The van der Waals surface area contributed by atoms with Gasteiger partial charge in [-0.05, 0) is 36.4 Å². The van der Waals surface area contributed by atoms with Gasteiger partial charge in [-0.1, -0.05) is 34.8 Å². The van der Waals surface area contributed by atoms with Crippen molar-refractivity contribution < 1.29 is 13.9 Å². The summed E-state index contributed by atoms with van der Waals surface area (Å²) in [5.41, 5.74) is 11.6. The fourth-order valence-corrected chi connectivity index (χ4v) is 2.85. The molecule has 0 saturated heterocycles. The van der Waals surface area contributed by atoms with Crippen LogP contribution in [-0.2, 0) is 4.79 Å². The predicted octanol–water partition coefficient (Wildman–Crippen LogP) is 4.42. The molecule has 0 aliphatic rings. The first kappa shape index (κ1) is 21.7. The van der Waals surface area contributed by atoms with E-state index in [0.29, 0.717) is 16.5 Å². The van der Waals surface area contributed by atoms with Crippen LogP contribution in [0.3, 0.4) is 0 Å². The SMILES string of the molecule is Nc1c(NNC(=O)COc2ccc(Cl)cc2Cl)ncnc1Nc1ccc(F)c(Cl)c1. The molecule has 8 nitrogen and oxygen atoms in total. The monoisotopic (exact) mass is 470 g/mol. The predicted molar refractivity (Wildman–Crippen MR) is 115 cm³/mol. The summed E-state index contributed by atoms with van der Waals surface area (Å²) in [7, 11) is 0. The van der Waals surface area contributed by atoms with Crippen molar-refractivity contribution >= 4 is 63.7 Å². The number of hydrogen-bond acceptors (Lipinski definition) is 7. The minimum atomic E-state index is -0.551. The molecule has 30 heavy (non-hydrogen) atoms. The van der Waals surface area contributed by atoms with Crippen LogP contribution in [0.5, 0.6) is 5.75 Å². The van der Waals surface area contributed by atoms with Crippen LogP contribution < -0.4 is 26.6 Å². The van der Waals surface area contributed by atoms with Crippen LogP contribution in [-0.4, -0.2) is 22.5 Å². The standard InChI is InChI=1S/C18H14Cl3FN6O2/c19-9-1-4-14(12(21)5-9)30-7-15(29)27-28-18-16(23)17(24-8-25-18)26-10-2-3-13(22)11(20)6-10/h1-6,8H,7,23H2,(H,27,29)(H2,24,25,26,28). The number of hydrazine groups is 1. The quantitative estimate of drug-likeness (QED) is 0.377. The van der Waals surface area contributed by atoms with Gasteiger partial charge < -0.3 is 15.8 Å². The lowest BCUT2D eigenvalue weighted by Crippen LogP contribution is -2.34. The molecule has 156 valence electrons. The smallest absolute Gasteiger partial charge is 0.276 e. The lowest BCUT2D eigenvalue weighted by atomic mass is 10.3. The van der Waals surface area contributed by atoms with Gasteiger partial charge in [-0.2, -0.15) is 0 Å². The average Bonchev–Trinajstić information content (AvgIpc) is 2.70. The summed E-state index contributed by atoms with van der Waals surface area (Å²) in [5.74, 6) is -0.390. The fraction of sp³-hybridized carbons (Fsp3) is 0.0556. The summed E-state index contributed by atoms with van der Waals surface area (Å²) >= 11 is 17.6. The Morgan fingerprint density at radius 1 is 1.07 bits per heavy atom. The number of nitrogens with one attached hydrogen (secondary N) is 3. The molecule has 0 spiro atoms. The number of hydrogen-bond donors (Lipinski definition) is 4. The molecule has 0 saturated carbocycles. The van der Waals surface area contributed by atoms with Crippen molar-refractivity contribution in [1.82, 2.24) is 15.4 Å². The van der Waals surface area contributed by atoms with Crippen molar-refractivity contribution in [3.8, 4) is 5.75 Å². The van der Waals surface area contributed by atoms with Gasteiger partial charge in [0.15, 0.2) is 18.2 Å². The zero-order valence-electron chi connectivity index (χ0n) is 15.0. The van der Waals surface area contributed by atoms with Crippen LogP contribution in [0.4, 0.5) is 27.4 Å². The van der Waals surface area contributed by atoms with Crippen LogP contribution in [0.15, 0.2) is 42.7 Å². The van der Waals surface area contributed by atoms with Gasteiger partial charge in [0.1, 0.15) is 23.6 Å². The maximum atomic E-state index is 13.3. The van der Waals surface area contributed by atoms with Gasteiger partial charge in [-0.15, -0.1) is 0 Å². The van der Waals surface area contributed by atoms with Gasteiger partial charge in [0, 0.05) is 10.7 Å². The van der Waals surface area contributed by atoms with Gasteiger partial charge in [0.05, 0.1) is 10.0 Å². The normalized spacial score (nSPS) is 10.4. The second-order valence-electron chi connectivity index (χ2n) is 5.78. The highest BCUT2D eigenvalue weighted by molar-refractivity contribution is 6.35. The molecule has 1 heterocycles. The molecule has 3 rings (SSSR count). The Kier molecular flexibility index (Phi) is 6.99. The Bertz CT molecular complexity index is 1090. The number of aromatic nitrogens is 2. The summed E-state index contributed by atoms with van der Waals surface area (Å²) in [6.45, 7) is -0.321. The molecule has 0 unspecified atom stereocenters. The van der Waals surface area contributed by atoms with Gasteiger partial charge in [-0.25, -0.2) is 14.4 Å². The first-order chi connectivity index (χ1) is 14.3. The van der Waals surface area contributed by atoms with E-state index in [9.17, 15) is 9.18 Å². The molecule has 2 aromatic carbocycles. The van der Waals surface area contributed by atoms with Crippen molar-refractivity contribution in [2.75, 3.05) is 23.1 Å². The van der Waals surface area contributed by atoms with Gasteiger partial charge in [-0.3, -0.25) is 15.6 Å². The topological polar surface area (TPSA) is 114 Å². The molecule has 12 heteroatoms. The zero-order valence-corrected chi connectivity index (χ0v) is 17.3. The molecule has 0 bridgehead atoms. The van der Waals surface area contributed by atoms with Gasteiger partial charge >= 0.3 is 0 Å². The highest BCUT2D eigenvalue weighted by Gasteiger charge is 2.11. The zero-order chi connectivity index (χ0) is 21.7. The summed E-state index contributed by atoms with van der Waals surface area (Å²) < 4.78 is 18.6. The third-order valence-electron chi connectivity index (χ3n) is 3.64. The van der Waals surface area contributed by atoms with Crippen LogP contribution in [0, 0.1) is 5.82 Å². The maximum Gasteiger partial charge on any atom is 0.276 e. The molecule has 0 fully saturated rings. The number of carbonyl (C=O) groups excluding carboxylic acids is 1. The molecular weight excluding hydrogens is 458 g/mol. The van der Waals surface area contributed by atoms with Gasteiger partial charge in [0.25, 0.3) is 5.91 Å². The second kappa shape index (κ2) is 9.66. The van der Waals surface area contributed by atoms with Crippen LogP contribution in [0.2, 0.25) is 15.1 Å². The van der Waals surface area contributed by atoms with Crippen molar-refractivity contribution in [3.05, 3.63) is 63.6 Å².